The molecule has 13 heavy (non-hydrogen) atoms. The van der Waals surface area contributed by atoms with Gasteiger partial charge in [-0.15, -0.1) is 0 Å². The maximum Gasteiger partial charge on any atom is 0.226 e. The van der Waals surface area contributed by atoms with Gasteiger partial charge in [0.15, 0.2) is 0 Å². The van der Waals surface area contributed by atoms with Gasteiger partial charge in [-0.25, -0.2) is 0 Å². The molecule has 0 aliphatic carbocycles. The Labute approximate surface area is 84.5 Å². The summed E-state index contributed by atoms with van der Waals surface area (Å²) in [6, 6.07) is 10.5. The largest absolute Gasteiger partial charge is 0.226 e. The highest BCUT2D eigenvalue weighted by Gasteiger charge is 2.19. The summed E-state index contributed by atoms with van der Waals surface area (Å²) in [5, 5.41) is 0. The fourth-order valence-corrected chi connectivity index (χ4v) is 2.19. The predicted octanol–water partition coefficient (Wildman–Crippen LogP) is 2.67. The number of hydrogen-bond acceptors (Lipinski definition) is 0. The Balaban J connectivity index is 2.62. The summed E-state index contributed by atoms with van der Waals surface area (Å²) in [5.41, 5.74) is 3.71. The Bertz CT molecular complexity index is 529. The molecule has 0 aromatic carbocycles. The molecule has 62 valence electrons. The number of pyridine rings is 2. The van der Waals surface area contributed by atoms with E-state index in [1.165, 1.54) is 16.9 Å². The van der Waals surface area contributed by atoms with E-state index in [4.69, 9.17) is 0 Å². The molecular formula is C11H7BrN+. The molecule has 0 atom stereocenters. The van der Waals surface area contributed by atoms with Crippen LogP contribution in [0.2, 0.25) is 0 Å². The van der Waals surface area contributed by atoms with Gasteiger partial charge in [0, 0.05) is 30.4 Å². The number of aromatic nitrogens is 1. The van der Waals surface area contributed by atoms with E-state index in [0.29, 0.717) is 0 Å². The summed E-state index contributed by atoms with van der Waals surface area (Å²) in [5.74, 6) is 0. The number of hydrogen-bond donors (Lipinski definition) is 0. The van der Waals surface area contributed by atoms with E-state index in [1.807, 2.05) is 0 Å². The Kier molecular flexibility index (Phi) is 1.35. The van der Waals surface area contributed by atoms with Crippen LogP contribution in [0, 0.1) is 0 Å². The Morgan fingerprint density at radius 1 is 1.00 bits per heavy atom. The fourth-order valence-electron chi connectivity index (χ4n) is 1.75. The molecule has 3 rings (SSSR count). The molecule has 1 aliphatic rings. The van der Waals surface area contributed by atoms with Gasteiger partial charge in [0.1, 0.15) is 0 Å². The molecule has 0 saturated carbocycles. The van der Waals surface area contributed by atoms with Gasteiger partial charge in [-0.1, -0.05) is 0 Å². The molecule has 0 radical (unpaired) electrons. The Morgan fingerprint density at radius 3 is 2.85 bits per heavy atom. The van der Waals surface area contributed by atoms with E-state index in [0.717, 1.165) is 4.47 Å². The first-order chi connectivity index (χ1) is 6.36. The molecule has 0 fully saturated rings. The smallest absolute Gasteiger partial charge is 0.153 e. The van der Waals surface area contributed by atoms with Crippen LogP contribution in [-0.4, -0.2) is 0 Å². The minimum absolute atomic E-state index is 1.14. The second kappa shape index (κ2) is 2.42. The molecular weight excluding hydrogens is 226 g/mol. The van der Waals surface area contributed by atoms with E-state index in [-0.39, 0.29) is 0 Å². The van der Waals surface area contributed by atoms with Gasteiger partial charge in [-0.2, -0.15) is 4.40 Å². The van der Waals surface area contributed by atoms with Crippen molar-refractivity contribution in [3.63, 3.8) is 0 Å². The summed E-state index contributed by atoms with van der Waals surface area (Å²) in [6.07, 6.45) is 4.26. The third-order valence-electron chi connectivity index (χ3n) is 2.35. The fraction of sp³-hybridized carbons (Fsp3) is 0. The lowest BCUT2D eigenvalue weighted by Crippen LogP contribution is -2.26. The number of halogens is 1. The molecule has 1 nitrogen and oxygen atoms in total. The van der Waals surface area contributed by atoms with Gasteiger partial charge < -0.3 is 0 Å². The van der Waals surface area contributed by atoms with Crippen molar-refractivity contribution in [3.05, 3.63) is 46.2 Å². The van der Waals surface area contributed by atoms with Crippen LogP contribution in [0.1, 0.15) is 11.4 Å². The van der Waals surface area contributed by atoms with Crippen molar-refractivity contribution in [2.24, 2.45) is 0 Å². The Hall–Kier alpha value is -1.15. The number of nitrogens with zero attached hydrogens (tertiary/aromatic N) is 1. The quantitative estimate of drug-likeness (QED) is 0.525. The van der Waals surface area contributed by atoms with E-state index in [2.05, 4.69) is 62.8 Å². The van der Waals surface area contributed by atoms with Gasteiger partial charge in [0.2, 0.25) is 16.9 Å². The molecule has 2 aromatic rings. The first-order valence-electron chi connectivity index (χ1n) is 4.18. The summed E-state index contributed by atoms with van der Waals surface area (Å²) in [7, 11) is 0. The standard InChI is InChI=1S/C11H7BrN/c12-10-6-4-8-2-1-3-9-5-7-11(10)13(8)9/h1-7H/q+1. The third-order valence-corrected chi connectivity index (χ3v) is 3.02. The lowest BCUT2D eigenvalue weighted by molar-refractivity contribution is -0.514. The van der Waals surface area contributed by atoms with Crippen molar-refractivity contribution in [2.75, 3.05) is 0 Å². The van der Waals surface area contributed by atoms with E-state index in [1.54, 1.807) is 0 Å². The van der Waals surface area contributed by atoms with Crippen LogP contribution in [0.25, 0.3) is 17.7 Å². The van der Waals surface area contributed by atoms with E-state index < -0.39 is 0 Å². The highest BCUT2D eigenvalue weighted by Crippen LogP contribution is 2.21. The summed E-state index contributed by atoms with van der Waals surface area (Å²) in [6.45, 7) is 0. The summed E-state index contributed by atoms with van der Waals surface area (Å²) in [4.78, 5) is 0. The molecule has 0 bridgehead atoms. The predicted molar refractivity (Wildman–Crippen MR) is 56.2 cm³/mol. The highest BCUT2D eigenvalue weighted by atomic mass is 79.9. The van der Waals surface area contributed by atoms with Crippen LogP contribution < -0.4 is 4.40 Å². The van der Waals surface area contributed by atoms with E-state index in [9.17, 15) is 0 Å². The second-order valence-corrected chi connectivity index (χ2v) is 3.97. The maximum absolute atomic E-state index is 3.54. The zero-order valence-electron chi connectivity index (χ0n) is 6.87. The molecule has 2 heteroatoms. The Morgan fingerprint density at radius 2 is 1.92 bits per heavy atom. The molecule has 0 amide bonds. The van der Waals surface area contributed by atoms with Crippen molar-refractivity contribution in [3.8, 4) is 0 Å². The zero-order chi connectivity index (χ0) is 8.84. The molecule has 0 saturated heterocycles. The van der Waals surface area contributed by atoms with Crippen molar-refractivity contribution in [2.45, 2.75) is 0 Å². The second-order valence-electron chi connectivity index (χ2n) is 3.11. The minimum Gasteiger partial charge on any atom is -0.153 e. The van der Waals surface area contributed by atoms with Crippen molar-refractivity contribution in [1.82, 2.24) is 0 Å². The monoisotopic (exact) mass is 232 g/mol. The molecule has 0 spiro atoms. The van der Waals surface area contributed by atoms with Gasteiger partial charge in [-0.05, 0) is 28.1 Å². The zero-order valence-corrected chi connectivity index (χ0v) is 8.45. The summed E-state index contributed by atoms with van der Waals surface area (Å²) >= 11 is 3.54. The van der Waals surface area contributed by atoms with Crippen LogP contribution in [0.15, 0.2) is 34.8 Å². The molecule has 3 heterocycles. The van der Waals surface area contributed by atoms with Gasteiger partial charge >= 0.3 is 0 Å². The van der Waals surface area contributed by atoms with Crippen LogP contribution in [0.4, 0.5) is 0 Å². The first kappa shape index (κ1) is 7.27. The highest BCUT2D eigenvalue weighted by molar-refractivity contribution is 9.10. The molecule has 0 N–H and O–H groups in total. The van der Waals surface area contributed by atoms with Crippen molar-refractivity contribution in [1.29, 1.82) is 0 Å². The van der Waals surface area contributed by atoms with Crippen LogP contribution in [-0.2, 0) is 0 Å². The minimum atomic E-state index is 1.14. The van der Waals surface area contributed by atoms with Crippen LogP contribution >= 0.6 is 15.9 Å². The first-order valence-corrected chi connectivity index (χ1v) is 4.97. The average molecular weight is 233 g/mol. The molecule has 1 aliphatic heterocycles. The van der Waals surface area contributed by atoms with Crippen molar-refractivity contribution < 1.29 is 4.40 Å². The van der Waals surface area contributed by atoms with Gasteiger partial charge in [-0.3, -0.25) is 0 Å². The van der Waals surface area contributed by atoms with Crippen molar-refractivity contribution >= 4 is 33.6 Å². The topological polar surface area (TPSA) is 4.10 Å². The lowest BCUT2D eigenvalue weighted by Gasteiger charge is -1.95. The molecule has 2 aromatic heterocycles. The lowest BCUT2D eigenvalue weighted by atomic mass is 10.3. The molecule has 0 unspecified atom stereocenters. The maximum atomic E-state index is 3.54. The SMILES string of the molecule is Brc1ccc2cccc3[n+]2c1C=C3. The summed E-state index contributed by atoms with van der Waals surface area (Å²) < 4.78 is 3.38. The van der Waals surface area contributed by atoms with E-state index >= 15 is 0 Å². The average Bonchev–Trinajstić information content (AvgIpc) is 2.57. The van der Waals surface area contributed by atoms with Crippen LogP contribution in [0.5, 0.6) is 0 Å². The van der Waals surface area contributed by atoms with Gasteiger partial charge in [0.25, 0.3) is 0 Å². The normalized spacial score (nSPS) is 12.7. The third kappa shape index (κ3) is 0.893. The van der Waals surface area contributed by atoms with Crippen LogP contribution in [0.3, 0.4) is 0 Å². The number of rotatable bonds is 0. The van der Waals surface area contributed by atoms with Gasteiger partial charge in [0.05, 0.1) is 4.47 Å².